The van der Waals surface area contributed by atoms with Crippen LogP contribution in [0, 0.1) is 0 Å². The zero-order valence-electron chi connectivity index (χ0n) is 13.2. The van der Waals surface area contributed by atoms with Gasteiger partial charge in [-0.2, -0.15) is 0 Å². The molecule has 0 saturated heterocycles. The molecule has 0 aliphatic heterocycles. The molecule has 3 rings (SSSR count). The van der Waals surface area contributed by atoms with Crippen molar-refractivity contribution in [3.63, 3.8) is 0 Å². The third kappa shape index (κ3) is 3.61. The fourth-order valence-electron chi connectivity index (χ4n) is 2.63. The Balaban J connectivity index is 1.79. The molecule has 0 bridgehead atoms. The Morgan fingerprint density at radius 1 is 1.13 bits per heavy atom. The van der Waals surface area contributed by atoms with Crippen LogP contribution in [-0.4, -0.2) is 30.6 Å². The van der Waals surface area contributed by atoms with Gasteiger partial charge in [0, 0.05) is 12.0 Å². The van der Waals surface area contributed by atoms with Crippen molar-refractivity contribution in [3.8, 4) is 11.4 Å². The van der Waals surface area contributed by atoms with Gasteiger partial charge in [0.25, 0.3) is 5.56 Å². The number of aromatic amines is 2. The molecule has 2 aromatic heterocycles. The van der Waals surface area contributed by atoms with Crippen LogP contribution in [0.2, 0.25) is 0 Å². The van der Waals surface area contributed by atoms with Crippen LogP contribution >= 0.6 is 0 Å². The quantitative estimate of drug-likeness (QED) is 0.653. The maximum atomic E-state index is 12.3. The van der Waals surface area contributed by atoms with E-state index in [1.165, 1.54) is 25.7 Å². The van der Waals surface area contributed by atoms with Crippen molar-refractivity contribution in [2.45, 2.75) is 45.4 Å². The molecule has 0 amide bonds. The SMILES string of the molecule is CCCCCCCc1nc2ccc(-c3nnn[nH]3)cc2c(=O)[nH]1. The molecule has 0 unspecified atom stereocenters. The molecule has 2 N–H and O–H groups in total. The lowest BCUT2D eigenvalue weighted by Crippen LogP contribution is -2.12. The van der Waals surface area contributed by atoms with Crippen molar-refractivity contribution in [1.82, 2.24) is 30.6 Å². The standard InChI is InChI=1S/C16H20N6O/c1-2-3-4-5-6-7-14-17-13-9-8-11(15-19-21-22-20-15)10-12(13)16(23)18-14/h8-10H,2-7H2,1H3,(H,17,18,23)(H,19,20,21,22). The van der Waals surface area contributed by atoms with Gasteiger partial charge in [-0.3, -0.25) is 4.79 Å². The second-order valence-corrected chi connectivity index (χ2v) is 5.66. The third-order valence-corrected chi connectivity index (χ3v) is 3.89. The Morgan fingerprint density at radius 3 is 2.78 bits per heavy atom. The fourth-order valence-corrected chi connectivity index (χ4v) is 2.63. The topological polar surface area (TPSA) is 100 Å². The minimum atomic E-state index is -0.118. The predicted octanol–water partition coefficient (Wildman–Crippen LogP) is 2.62. The highest BCUT2D eigenvalue weighted by molar-refractivity contribution is 5.82. The predicted molar refractivity (Wildman–Crippen MR) is 88.0 cm³/mol. The molecule has 0 fully saturated rings. The van der Waals surface area contributed by atoms with Gasteiger partial charge in [-0.1, -0.05) is 32.6 Å². The normalized spacial score (nSPS) is 11.2. The fraction of sp³-hybridized carbons (Fsp3) is 0.438. The lowest BCUT2D eigenvalue weighted by Gasteiger charge is -2.04. The van der Waals surface area contributed by atoms with E-state index in [2.05, 4.69) is 37.5 Å². The molecule has 0 spiro atoms. The number of unbranched alkanes of at least 4 members (excludes halogenated alkanes) is 4. The van der Waals surface area contributed by atoms with E-state index in [9.17, 15) is 4.79 Å². The summed E-state index contributed by atoms with van der Waals surface area (Å²) in [5.74, 6) is 1.29. The van der Waals surface area contributed by atoms with E-state index in [0.29, 0.717) is 16.7 Å². The van der Waals surface area contributed by atoms with E-state index in [0.717, 1.165) is 24.2 Å². The van der Waals surface area contributed by atoms with Gasteiger partial charge in [0.15, 0.2) is 5.82 Å². The number of hydrogen-bond donors (Lipinski definition) is 2. The highest BCUT2D eigenvalue weighted by atomic mass is 16.1. The maximum Gasteiger partial charge on any atom is 0.258 e. The monoisotopic (exact) mass is 312 g/mol. The largest absolute Gasteiger partial charge is 0.310 e. The van der Waals surface area contributed by atoms with Gasteiger partial charge in [0.2, 0.25) is 0 Å². The second kappa shape index (κ2) is 7.13. The van der Waals surface area contributed by atoms with Crippen molar-refractivity contribution < 1.29 is 0 Å². The molecule has 2 heterocycles. The van der Waals surface area contributed by atoms with Crippen molar-refractivity contribution in [1.29, 1.82) is 0 Å². The number of hydrogen-bond acceptors (Lipinski definition) is 5. The lowest BCUT2D eigenvalue weighted by atomic mass is 10.1. The molecule has 120 valence electrons. The van der Waals surface area contributed by atoms with Gasteiger partial charge < -0.3 is 4.98 Å². The van der Waals surface area contributed by atoms with Crippen LogP contribution in [0.5, 0.6) is 0 Å². The zero-order chi connectivity index (χ0) is 16.1. The van der Waals surface area contributed by atoms with Crippen LogP contribution < -0.4 is 5.56 Å². The highest BCUT2D eigenvalue weighted by Gasteiger charge is 2.08. The first kappa shape index (κ1) is 15.3. The first-order valence-electron chi connectivity index (χ1n) is 8.05. The molecule has 1 aromatic carbocycles. The molecule has 7 nitrogen and oxygen atoms in total. The molecule has 23 heavy (non-hydrogen) atoms. The summed E-state index contributed by atoms with van der Waals surface area (Å²) in [6.07, 6.45) is 6.77. The van der Waals surface area contributed by atoms with E-state index in [1.807, 2.05) is 12.1 Å². The number of aromatic nitrogens is 6. The summed E-state index contributed by atoms with van der Waals surface area (Å²) in [7, 11) is 0. The number of benzene rings is 1. The molecular formula is C16H20N6O. The summed E-state index contributed by atoms with van der Waals surface area (Å²) in [4.78, 5) is 19.7. The first-order valence-corrected chi connectivity index (χ1v) is 8.05. The van der Waals surface area contributed by atoms with Crippen molar-refractivity contribution >= 4 is 10.9 Å². The van der Waals surface area contributed by atoms with Crippen LogP contribution in [0.4, 0.5) is 0 Å². The van der Waals surface area contributed by atoms with Crippen LogP contribution in [0.25, 0.3) is 22.3 Å². The molecule has 0 aliphatic rings. The number of fused-ring (bicyclic) bond motifs is 1. The Labute approximate surface area is 133 Å². The van der Waals surface area contributed by atoms with Crippen molar-refractivity contribution in [2.24, 2.45) is 0 Å². The molecular weight excluding hydrogens is 292 g/mol. The van der Waals surface area contributed by atoms with Crippen molar-refractivity contribution in [3.05, 3.63) is 34.4 Å². The van der Waals surface area contributed by atoms with Crippen LogP contribution in [0.15, 0.2) is 23.0 Å². The second-order valence-electron chi connectivity index (χ2n) is 5.66. The minimum absolute atomic E-state index is 0.118. The number of nitrogens with one attached hydrogen (secondary N) is 2. The number of nitrogens with zero attached hydrogens (tertiary/aromatic N) is 4. The summed E-state index contributed by atoms with van der Waals surface area (Å²) in [6.45, 7) is 2.20. The van der Waals surface area contributed by atoms with Gasteiger partial charge in [-0.25, -0.2) is 10.1 Å². The van der Waals surface area contributed by atoms with E-state index < -0.39 is 0 Å². The summed E-state index contributed by atoms with van der Waals surface area (Å²) in [5, 5.41) is 14.2. The van der Waals surface area contributed by atoms with Crippen LogP contribution in [-0.2, 0) is 6.42 Å². The average molecular weight is 312 g/mol. The van der Waals surface area contributed by atoms with Crippen molar-refractivity contribution in [2.75, 3.05) is 0 Å². The van der Waals surface area contributed by atoms with Gasteiger partial charge >= 0.3 is 0 Å². The van der Waals surface area contributed by atoms with Gasteiger partial charge in [0.05, 0.1) is 10.9 Å². The number of rotatable bonds is 7. The molecule has 0 radical (unpaired) electrons. The Bertz CT molecular complexity index is 824. The van der Waals surface area contributed by atoms with Crippen LogP contribution in [0.3, 0.4) is 0 Å². The van der Waals surface area contributed by atoms with Gasteiger partial charge in [-0.15, -0.1) is 5.10 Å². The molecule has 0 atom stereocenters. The maximum absolute atomic E-state index is 12.3. The average Bonchev–Trinajstić information content (AvgIpc) is 3.09. The van der Waals surface area contributed by atoms with Crippen LogP contribution in [0.1, 0.15) is 44.9 Å². The molecule has 3 aromatic rings. The van der Waals surface area contributed by atoms with E-state index >= 15 is 0 Å². The summed E-state index contributed by atoms with van der Waals surface area (Å²) < 4.78 is 0. The van der Waals surface area contributed by atoms with E-state index in [1.54, 1.807) is 6.07 Å². The summed E-state index contributed by atoms with van der Waals surface area (Å²) in [6, 6.07) is 5.46. The Morgan fingerprint density at radius 2 is 2.00 bits per heavy atom. The molecule has 7 heteroatoms. The first-order chi connectivity index (χ1) is 11.3. The highest BCUT2D eigenvalue weighted by Crippen LogP contribution is 2.18. The third-order valence-electron chi connectivity index (χ3n) is 3.89. The summed E-state index contributed by atoms with van der Waals surface area (Å²) in [5.41, 5.74) is 1.35. The van der Waals surface area contributed by atoms with E-state index in [-0.39, 0.29) is 5.56 Å². The summed E-state index contributed by atoms with van der Waals surface area (Å²) >= 11 is 0. The van der Waals surface area contributed by atoms with E-state index in [4.69, 9.17) is 0 Å². The lowest BCUT2D eigenvalue weighted by molar-refractivity contribution is 0.623. The number of H-pyrrole nitrogens is 2. The number of aryl methyl sites for hydroxylation is 1. The van der Waals surface area contributed by atoms with Gasteiger partial charge in [0.1, 0.15) is 5.82 Å². The minimum Gasteiger partial charge on any atom is -0.310 e. The van der Waals surface area contributed by atoms with Gasteiger partial charge in [-0.05, 0) is 35.0 Å². The number of tetrazole rings is 1. The Kier molecular flexibility index (Phi) is 4.75. The molecule has 0 aliphatic carbocycles. The zero-order valence-corrected chi connectivity index (χ0v) is 13.2. The smallest absolute Gasteiger partial charge is 0.258 e. The molecule has 0 saturated carbocycles. The Hall–Kier alpha value is -2.57.